The van der Waals surface area contributed by atoms with E-state index in [0.717, 1.165) is 62.7 Å². The molecule has 0 aliphatic carbocycles. The molecule has 1 heterocycles. The van der Waals surface area contributed by atoms with Gasteiger partial charge in [-0.1, -0.05) is 25.5 Å². The number of fused-ring (bicyclic) bond motifs is 1. The van der Waals surface area contributed by atoms with Gasteiger partial charge in [0.15, 0.2) is 11.5 Å². The second-order valence-corrected chi connectivity index (χ2v) is 5.12. The fraction of sp³-hybridized carbons (Fsp3) is 0.625. The number of ether oxygens (including phenoxy) is 3. The second kappa shape index (κ2) is 8.12. The van der Waals surface area contributed by atoms with Crippen molar-refractivity contribution in [2.45, 2.75) is 38.8 Å². The Kier molecular flexibility index (Phi) is 6.15. The molecule has 1 aliphatic rings. The van der Waals surface area contributed by atoms with E-state index in [1.165, 1.54) is 0 Å². The van der Waals surface area contributed by atoms with E-state index in [2.05, 4.69) is 18.3 Å². The first-order valence-electron chi connectivity index (χ1n) is 7.45. The molecule has 1 aromatic carbocycles. The number of benzene rings is 1. The molecule has 0 amide bonds. The van der Waals surface area contributed by atoms with Crippen LogP contribution in [-0.4, -0.2) is 33.0 Å². The first-order valence-corrected chi connectivity index (χ1v) is 7.45. The highest BCUT2D eigenvalue weighted by Gasteiger charge is 2.15. The molecule has 4 nitrogen and oxygen atoms in total. The highest BCUT2D eigenvalue weighted by Crippen LogP contribution is 2.33. The lowest BCUT2D eigenvalue weighted by molar-refractivity contribution is 0.161. The summed E-state index contributed by atoms with van der Waals surface area (Å²) in [5, 5.41) is 3.55. The van der Waals surface area contributed by atoms with Gasteiger partial charge < -0.3 is 19.5 Å². The van der Waals surface area contributed by atoms with Gasteiger partial charge in [0.1, 0.15) is 0 Å². The molecule has 1 unspecified atom stereocenters. The summed E-state index contributed by atoms with van der Waals surface area (Å²) < 4.78 is 16.8. The summed E-state index contributed by atoms with van der Waals surface area (Å²) in [4.78, 5) is 0. The molecule has 2 rings (SSSR count). The Morgan fingerprint density at radius 3 is 2.95 bits per heavy atom. The van der Waals surface area contributed by atoms with E-state index in [0.29, 0.717) is 6.04 Å². The quantitative estimate of drug-likeness (QED) is 0.833. The van der Waals surface area contributed by atoms with Gasteiger partial charge in [-0.25, -0.2) is 0 Å². The van der Waals surface area contributed by atoms with Crippen molar-refractivity contribution in [1.82, 2.24) is 5.32 Å². The van der Waals surface area contributed by atoms with Gasteiger partial charge in [-0.2, -0.15) is 0 Å². The van der Waals surface area contributed by atoms with Crippen molar-refractivity contribution >= 4 is 0 Å². The normalized spacial score (nSPS) is 15.7. The summed E-state index contributed by atoms with van der Waals surface area (Å²) in [6.45, 7) is 5.16. The minimum Gasteiger partial charge on any atom is -0.490 e. The van der Waals surface area contributed by atoms with E-state index in [-0.39, 0.29) is 0 Å². The van der Waals surface area contributed by atoms with Gasteiger partial charge >= 0.3 is 0 Å². The summed E-state index contributed by atoms with van der Waals surface area (Å²) in [5.41, 5.74) is 1.15. The van der Waals surface area contributed by atoms with Crippen LogP contribution >= 0.6 is 0 Å². The fourth-order valence-corrected chi connectivity index (χ4v) is 2.44. The molecule has 0 aromatic heterocycles. The summed E-state index contributed by atoms with van der Waals surface area (Å²) in [6, 6.07) is 6.47. The number of rotatable bonds is 7. The number of methoxy groups -OCH3 is 1. The molecular formula is C16H25NO3. The van der Waals surface area contributed by atoms with Crippen molar-refractivity contribution in [3.63, 3.8) is 0 Å². The van der Waals surface area contributed by atoms with Crippen LogP contribution in [0.5, 0.6) is 11.5 Å². The maximum absolute atomic E-state index is 5.84. The van der Waals surface area contributed by atoms with E-state index in [4.69, 9.17) is 14.2 Å². The van der Waals surface area contributed by atoms with Crippen molar-refractivity contribution < 1.29 is 14.2 Å². The average molecular weight is 279 g/mol. The molecule has 1 N–H and O–H groups in total. The minimum absolute atomic E-state index is 0.382. The lowest BCUT2D eigenvalue weighted by Crippen LogP contribution is -2.32. The van der Waals surface area contributed by atoms with Gasteiger partial charge in [-0.15, -0.1) is 0 Å². The highest BCUT2D eigenvalue weighted by molar-refractivity contribution is 5.47. The summed E-state index contributed by atoms with van der Waals surface area (Å²) in [6.07, 6.45) is 3.19. The second-order valence-electron chi connectivity index (χ2n) is 5.12. The van der Waals surface area contributed by atoms with Gasteiger partial charge in [0.05, 0.1) is 19.8 Å². The summed E-state index contributed by atoms with van der Waals surface area (Å²) >= 11 is 0. The largest absolute Gasteiger partial charge is 0.490 e. The Hall–Kier alpha value is -1.26. The molecule has 112 valence electrons. The van der Waals surface area contributed by atoms with Crippen LogP contribution in [0.1, 0.15) is 31.7 Å². The zero-order valence-corrected chi connectivity index (χ0v) is 12.5. The zero-order valence-electron chi connectivity index (χ0n) is 12.5. The van der Waals surface area contributed by atoms with Crippen LogP contribution in [0.4, 0.5) is 0 Å². The minimum atomic E-state index is 0.382. The average Bonchev–Trinajstić information content (AvgIpc) is 2.71. The Morgan fingerprint density at radius 1 is 1.30 bits per heavy atom. The van der Waals surface area contributed by atoms with E-state index < -0.39 is 0 Å². The lowest BCUT2D eigenvalue weighted by Gasteiger charge is -2.19. The van der Waals surface area contributed by atoms with Crippen molar-refractivity contribution in [2.24, 2.45) is 0 Å². The summed E-state index contributed by atoms with van der Waals surface area (Å²) in [5.74, 6) is 1.76. The lowest BCUT2D eigenvalue weighted by atomic mass is 10.1. The van der Waals surface area contributed by atoms with E-state index in [1.54, 1.807) is 7.11 Å². The number of hydrogen-bond acceptors (Lipinski definition) is 4. The smallest absolute Gasteiger partial charge is 0.165 e. The number of para-hydroxylation sites is 1. The molecule has 1 aliphatic heterocycles. The molecular weight excluding hydrogens is 254 g/mol. The van der Waals surface area contributed by atoms with Crippen LogP contribution in [0.3, 0.4) is 0 Å². The van der Waals surface area contributed by atoms with Crippen molar-refractivity contribution in [3.05, 3.63) is 23.8 Å². The zero-order chi connectivity index (χ0) is 14.2. The van der Waals surface area contributed by atoms with Crippen molar-refractivity contribution in [3.8, 4) is 11.5 Å². The predicted molar refractivity (Wildman–Crippen MR) is 79.5 cm³/mol. The standard InChI is InChI=1S/C16H25NO3/c1-3-6-14(12-18-2)17-11-13-7-4-8-15-16(13)20-10-5-9-19-15/h4,7-8,14,17H,3,5-6,9-12H2,1-2H3. The molecule has 0 saturated carbocycles. The van der Waals surface area contributed by atoms with Gasteiger partial charge in [-0.3, -0.25) is 0 Å². The van der Waals surface area contributed by atoms with Gasteiger partial charge in [0.25, 0.3) is 0 Å². The Bertz CT molecular complexity index is 403. The topological polar surface area (TPSA) is 39.7 Å². The van der Waals surface area contributed by atoms with Crippen LogP contribution in [-0.2, 0) is 11.3 Å². The third-order valence-electron chi connectivity index (χ3n) is 3.44. The predicted octanol–water partition coefficient (Wildman–Crippen LogP) is 2.75. The molecule has 0 bridgehead atoms. The molecule has 0 fully saturated rings. The SMILES string of the molecule is CCCC(COC)NCc1cccc2c1OCCCO2. The van der Waals surface area contributed by atoms with Gasteiger partial charge in [0, 0.05) is 31.7 Å². The molecule has 0 saturated heterocycles. The van der Waals surface area contributed by atoms with Gasteiger partial charge in [0.2, 0.25) is 0 Å². The molecule has 4 heteroatoms. The monoisotopic (exact) mass is 279 g/mol. The van der Waals surface area contributed by atoms with Crippen LogP contribution in [0.15, 0.2) is 18.2 Å². The maximum atomic E-state index is 5.84. The van der Waals surface area contributed by atoms with Crippen molar-refractivity contribution in [1.29, 1.82) is 0 Å². The third kappa shape index (κ3) is 4.12. The van der Waals surface area contributed by atoms with Crippen molar-refractivity contribution in [2.75, 3.05) is 26.9 Å². The molecule has 0 radical (unpaired) electrons. The third-order valence-corrected chi connectivity index (χ3v) is 3.44. The molecule has 1 atom stereocenters. The number of nitrogens with one attached hydrogen (secondary N) is 1. The maximum Gasteiger partial charge on any atom is 0.165 e. The number of hydrogen-bond donors (Lipinski definition) is 1. The molecule has 20 heavy (non-hydrogen) atoms. The van der Waals surface area contributed by atoms with E-state index >= 15 is 0 Å². The summed E-state index contributed by atoms with van der Waals surface area (Å²) in [7, 11) is 1.75. The van der Waals surface area contributed by atoms with E-state index in [1.807, 2.05) is 12.1 Å². The first-order chi connectivity index (χ1) is 9.85. The Morgan fingerprint density at radius 2 is 2.15 bits per heavy atom. The van der Waals surface area contributed by atoms with Gasteiger partial charge in [-0.05, 0) is 12.5 Å². The highest BCUT2D eigenvalue weighted by atomic mass is 16.5. The Labute approximate surface area is 121 Å². The van der Waals surface area contributed by atoms with Crippen LogP contribution in [0.25, 0.3) is 0 Å². The fourth-order valence-electron chi connectivity index (χ4n) is 2.44. The first kappa shape index (κ1) is 15.1. The van der Waals surface area contributed by atoms with Crippen LogP contribution in [0.2, 0.25) is 0 Å². The van der Waals surface area contributed by atoms with Crippen LogP contribution < -0.4 is 14.8 Å². The van der Waals surface area contributed by atoms with Crippen LogP contribution in [0, 0.1) is 0 Å². The molecule has 0 spiro atoms. The Balaban J connectivity index is 2.01. The van der Waals surface area contributed by atoms with E-state index in [9.17, 15) is 0 Å². The molecule has 1 aromatic rings.